The minimum atomic E-state index is -5.51. The first-order chi connectivity index (χ1) is 19.7. The van der Waals surface area contributed by atoms with E-state index in [9.17, 15) is 85.6 Å². The SMILES string of the molecule is O=S(=O)(CCOS(=O)(=O)[O-])CC(CS(=O)(=O)CCOS(=O)(=O)[O-])(CS(=O)(=O)CCOS(=O)(=O)[O-])CS(=O)(=O)CCOS(=O)(=O)[O-].[Na+].[Na+].[Na+].[Na+]. The molecule has 24 nitrogen and oxygen atoms in total. The zero-order valence-electron chi connectivity index (χ0n) is 26.0. The predicted octanol–water partition coefficient (Wildman–Crippen LogP) is -18.4. The van der Waals surface area contributed by atoms with Crippen LogP contribution in [0.2, 0.25) is 0 Å². The second-order valence-electron chi connectivity index (χ2n) is 8.79. The molecule has 0 N–H and O–H groups in total. The topological polar surface area (TPSA) is 402 Å². The second kappa shape index (κ2) is 24.1. The predicted molar refractivity (Wildman–Crippen MR) is 140 cm³/mol. The van der Waals surface area contributed by atoms with Crippen molar-refractivity contribution in [2.45, 2.75) is 0 Å². The van der Waals surface area contributed by atoms with Crippen molar-refractivity contribution in [1.29, 1.82) is 0 Å². The maximum absolute atomic E-state index is 12.8. The van der Waals surface area contributed by atoms with Gasteiger partial charge < -0.3 is 18.2 Å². The molecule has 0 heterocycles. The van der Waals surface area contributed by atoms with Crippen molar-refractivity contribution in [1.82, 2.24) is 0 Å². The molecule has 0 aromatic heterocycles. The van der Waals surface area contributed by atoms with E-state index in [1.165, 1.54) is 0 Å². The van der Waals surface area contributed by atoms with E-state index in [4.69, 9.17) is 0 Å². The second-order valence-corrected chi connectivity index (χ2v) is 21.7. The fraction of sp³-hybridized carbons (Fsp3) is 1.00. The summed E-state index contributed by atoms with van der Waals surface area (Å²) >= 11 is 0. The van der Waals surface area contributed by atoms with Crippen LogP contribution in [-0.4, -0.2) is 158 Å². The summed E-state index contributed by atoms with van der Waals surface area (Å²) in [7, 11) is -42.3. The monoisotopic (exact) mass is 912 g/mol. The Balaban J connectivity index is -0.00000161. The number of hydrogen-bond donors (Lipinski definition) is 0. The van der Waals surface area contributed by atoms with Crippen LogP contribution in [0.15, 0.2) is 0 Å². The van der Waals surface area contributed by atoms with Crippen molar-refractivity contribution < 1.29 is 221 Å². The molecule has 0 amide bonds. The summed E-state index contributed by atoms with van der Waals surface area (Å²) in [6.45, 7) is -5.79. The quantitative estimate of drug-likeness (QED) is 0.0493. The van der Waals surface area contributed by atoms with Crippen molar-refractivity contribution in [3.05, 3.63) is 0 Å². The van der Waals surface area contributed by atoms with Gasteiger partial charge >= 0.3 is 118 Å². The largest absolute Gasteiger partial charge is 1.00 e. The average molecular weight is 913 g/mol. The van der Waals surface area contributed by atoms with Gasteiger partial charge in [0.05, 0.1) is 72.5 Å². The Labute approximate surface area is 373 Å². The smallest absolute Gasteiger partial charge is 0.726 e. The van der Waals surface area contributed by atoms with Gasteiger partial charge in [0.15, 0.2) is 39.3 Å². The van der Waals surface area contributed by atoms with Crippen molar-refractivity contribution >= 4 is 80.9 Å². The van der Waals surface area contributed by atoms with Crippen LogP contribution in [0.3, 0.4) is 0 Å². The van der Waals surface area contributed by atoms with E-state index in [1.807, 2.05) is 0 Å². The van der Waals surface area contributed by atoms with Crippen molar-refractivity contribution in [3.63, 3.8) is 0 Å². The fourth-order valence-corrected chi connectivity index (χ4v) is 12.7. The van der Waals surface area contributed by atoms with Crippen molar-refractivity contribution in [2.24, 2.45) is 5.41 Å². The molecule has 0 spiro atoms. The van der Waals surface area contributed by atoms with E-state index in [0.29, 0.717) is 0 Å². The third-order valence-electron chi connectivity index (χ3n) is 4.59. The van der Waals surface area contributed by atoms with Gasteiger partial charge in [-0.15, -0.1) is 0 Å². The molecule has 0 atom stereocenters. The van der Waals surface area contributed by atoms with Gasteiger partial charge in [0.1, 0.15) is 0 Å². The zero-order valence-corrected chi connectivity index (χ0v) is 40.6. The maximum Gasteiger partial charge on any atom is 1.00 e. The number of hydrogen-bond acceptors (Lipinski definition) is 24. The van der Waals surface area contributed by atoms with Crippen LogP contribution < -0.4 is 118 Å². The van der Waals surface area contributed by atoms with E-state index in [1.54, 1.807) is 0 Å². The fourth-order valence-electron chi connectivity index (χ4n) is 3.46. The van der Waals surface area contributed by atoms with Gasteiger partial charge in [0.2, 0.25) is 41.6 Å². The summed E-state index contributed by atoms with van der Waals surface area (Å²) in [6, 6.07) is 0. The van der Waals surface area contributed by atoms with Crippen LogP contribution in [0.1, 0.15) is 0 Å². The first kappa shape index (κ1) is 61.5. The molecule has 0 saturated heterocycles. The van der Waals surface area contributed by atoms with Gasteiger partial charge in [-0.1, -0.05) is 0 Å². The minimum Gasteiger partial charge on any atom is -0.726 e. The molecular weight excluding hydrogens is 889 g/mol. The Morgan fingerprint density at radius 1 is 0.327 bits per heavy atom. The molecule has 0 aliphatic rings. The molecule has 0 unspecified atom stereocenters. The summed E-state index contributed by atoms with van der Waals surface area (Å²) in [5.74, 6) is -13.3. The Morgan fingerprint density at radius 3 is 0.592 bits per heavy atom. The Bertz CT molecular complexity index is 1620. The standard InChI is InChI=1S/C13H28O24S8.4Na/c14-38(15,5-1-34-42(22,23)24)9-13(10-39(16,17)6-2-35-43(25,26)27,11-40(18,19)7-3-36-44(28,29)30)12-41(20,21)8-4-37-45(31,32)33;;;;/h1-12H2,(H,22,23,24)(H,25,26,27)(H,28,29,30)(H,31,32,33);;;;/q;4*+1/p-4. The van der Waals surface area contributed by atoms with Gasteiger partial charge in [-0.05, 0) is 0 Å². The van der Waals surface area contributed by atoms with Gasteiger partial charge in [0.25, 0.3) is 0 Å². The molecule has 0 saturated carbocycles. The summed E-state index contributed by atoms with van der Waals surface area (Å²) < 4.78 is 245. The minimum absolute atomic E-state index is 0. The third-order valence-corrected chi connectivity index (χ3v) is 13.8. The molecule has 0 bridgehead atoms. The van der Waals surface area contributed by atoms with Crippen LogP contribution >= 0.6 is 0 Å². The van der Waals surface area contributed by atoms with Gasteiger partial charge in [0, 0.05) is 5.41 Å². The summed E-state index contributed by atoms with van der Waals surface area (Å²) in [6.07, 6.45) is 0. The van der Waals surface area contributed by atoms with E-state index in [0.717, 1.165) is 0 Å². The molecule has 0 radical (unpaired) electrons. The van der Waals surface area contributed by atoms with Crippen LogP contribution in [0.5, 0.6) is 0 Å². The molecular formula is C13H24Na4O24S8. The third kappa shape index (κ3) is 35.4. The van der Waals surface area contributed by atoms with E-state index in [2.05, 4.69) is 16.7 Å². The normalized spacial score (nSPS) is 13.6. The van der Waals surface area contributed by atoms with Crippen LogP contribution in [0.4, 0.5) is 0 Å². The molecule has 49 heavy (non-hydrogen) atoms. The van der Waals surface area contributed by atoms with Crippen LogP contribution in [-0.2, 0) is 97.7 Å². The molecule has 0 aliphatic heterocycles. The Hall–Kier alpha value is 3.28. The molecule has 272 valence electrons. The van der Waals surface area contributed by atoms with E-state index < -0.39 is 159 Å². The summed E-state index contributed by atoms with van der Waals surface area (Å²) in [5.41, 5.74) is -3.13. The molecule has 0 aromatic carbocycles. The van der Waals surface area contributed by atoms with Crippen molar-refractivity contribution in [2.75, 3.05) is 72.5 Å². The Kier molecular flexibility index (Phi) is 30.3. The van der Waals surface area contributed by atoms with Gasteiger partial charge in [-0.25, -0.2) is 67.3 Å². The van der Waals surface area contributed by atoms with E-state index >= 15 is 0 Å². The molecule has 36 heteroatoms. The molecule has 0 aromatic rings. The summed E-state index contributed by atoms with van der Waals surface area (Å²) in [5, 5.41) is 0. The first-order valence-corrected chi connectivity index (χ1v) is 23.5. The zero-order chi connectivity index (χ0) is 35.8. The van der Waals surface area contributed by atoms with Crippen LogP contribution in [0.25, 0.3) is 0 Å². The van der Waals surface area contributed by atoms with E-state index in [-0.39, 0.29) is 118 Å². The number of rotatable bonds is 24. The molecule has 0 aliphatic carbocycles. The maximum atomic E-state index is 12.8. The molecule has 0 fully saturated rings. The molecule has 0 rings (SSSR count). The van der Waals surface area contributed by atoms with Gasteiger partial charge in [-0.3, -0.25) is 16.7 Å². The van der Waals surface area contributed by atoms with Gasteiger partial charge in [-0.2, -0.15) is 0 Å². The van der Waals surface area contributed by atoms with Crippen molar-refractivity contribution in [3.8, 4) is 0 Å². The van der Waals surface area contributed by atoms with Crippen LogP contribution in [0, 0.1) is 5.41 Å². The average Bonchev–Trinajstić information content (AvgIpc) is 2.66. The number of sulfone groups is 4. The summed E-state index contributed by atoms with van der Waals surface area (Å²) in [4.78, 5) is 0. The first-order valence-electron chi connectivity index (χ1n) is 10.9. The Morgan fingerprint density at radius 2 is 0.469 bits per heavy atom.